The zero-order chi connectivity index (χ0) is 18.8. The van der Waals surface area contributed by atoms with Crippen LogP contribution in [-0.4, -0.2) is 63.4 Å². The van der Waals surface area contributed by atoms with Crippen molar-refractivity contribution in [2.45, 2.75) is 31.8 Å². The molecular formula is C19H23N5O3. The van der Waals surface area contributed by atoms with Crippen LogP contribution in [0.4, 0.5) is 0 Å². The van der Waals surface area contributed by atoms with E-state index in [9.17, 15) is 9.59 Å². The summed E-state index contributed by atoms with van der Waals surface area (Å²) in [4.78, 5) is 27.8. The van der Waals surface area contributed by atoms with Gasteiger partial charge in [0.2, 0.25) is 11.8 Å². The maximum absolute atomic E-state index is 12.5. The van der Waals surface area contributed by atoms with Gasteiger partial charge in [0.1, 0.15) is 11.4 Å². The molecule has 1 aromatic carbocycles. The molecule has 8 nitrogen and oxygen atoms in total. The van der Waals surface area contributed by atoms with Crippen LogP contribution >= 0.6 is 0 Å². The van der Waals surface area contributed by atoms with Gasteiger partial charge >= 0.3 is 0 Å². The van der Waals surface area contributed by atoms with Gasteiger partial charge in [0.25, 0.3) is 0 Å². The number of amides is 2. The Morgan fingerprint density at radius 3 is 2.85 bits per heavy atom. The normalized spacial score (nSPS) is 17.3. The summed E-state index contributed by atoms with van der Waals surface area (Å²) in [6.07, 6.45) is 3.76. The smallest absolute Gasteiger partial charge is 0.227 e. The van der Waals surface area contributed by atoms with Crippen molar-refractivity contribution in [2.24, 2.45) is 0 Å². The molecule has 4 rings (SSSR count). The van der Waals surface area contributed by atoms with Gasteiger partial charge in [-0.2, -0.15) is 0 Å². The minimum Gasteiger partial charge on any atom is -0.496 e. The van der Waals surface area contributed by atoms with E-state index in [1.165, 1.54) is 0 Å². The number of carbonyl (C=O) groups excluding carboxylic acids is 2. The molecule has 0 atom stereocenters. The molecule has 2 aliphatic heterocycles. The minimum atomic E-state index is 0.0822. The molecule has 0 aliphatic carbocycles. The van der Waals surface area contributed by atoms with Crippen LogP contribution in [0.2, 0.25) is 0 Å². The van der Waals surface area contributed by atoms with Crippen LogP contribution in [0, 0.1) is 0 Å². The van der Waals surface area contributed by atoms with Gasteiger partial charge < -0.3 is 14.5 Å². The molecule has 142 valence electrons. The fourth-order valence-electron chi connectivity index (χ4n) is 3.58. The van der Waals surface area contributed by atoms with E-state index in [1.54, 1.807) is 7.11 Å². The molecule has 1 aromatic heterocycles. The summed E-state index contributed by atoms with van der Waals surface area (Å²) >= 11 is 0. The highest BCUT2D eigenvalue weighted by Gasteiger charge is 2.33. The van der Waals surface area contributed by atoms with Gasteiger partial charge in [-0.1, -0.05) is 23.4 Å². The van der Waals surface area contributed by atoms with Crippen LogP contribution in [0.3, 0.4) is 0 Å². The Morgan fingerprint density at radius 1 is 1.30 bits per heavy atom. The number of carbonyl (C=O) groups is 2. The second-order valence-corrected chi connectivity index (χ2v) is 7.05. The molecule has 0 bridgehead atoms. The average Bonchev–Trinajstić information content (AvgIpc) is 3.24. The van der Waals surface area contributed by atoms with Crippen molar-refractivity contribution in [3.63, 3.8) is 0 Å². The van der Waals surface area contributed by atoms with E-state index in [1.807, 2.05) is 44.9 Å². The largest absolute Gasteiger partial charge is 0.496 e. The van der Waals surface area contributed by atoms with Gasteiger partial charge in [0, 0.05) is 31.6 Å². The molecule has 0 saturated carbocycles. The fourth-order valence-corrected chi connectivity index (χ4v) is 3.58. The van der Waals surface area contributed by atoms with E-state index in [4.69, 9.17) is 4.74 Å². The number of nitrogens with zero attached hydrogens (tertiary/aromatic N) is 5. The van der Waals surface area contributed by atoms with Crippen LogP contribution in [0.25, 0.3) is 0 Å². The molecule has 0 radical (unpaired) electrons. The van der Waals surface area contributed by atoms with Gasteiger partial charge in [-0.05, 0) is 12.5 Å². The lowest BCUT2D eigenvalue weighted by atomic mass is 10.1. The Bertz CT molecular complexity index is 843. The van der Waals surface area contributed by atoms with Crippen LogP contribution in [0.1, 0.15) is 30.1 Å². The molecule has 3 heterocycles. The molecule has 0 unspecified atom stereocenters. The molecule has 2 amide bonds. The molecule has 2 saturated heterocycles. The Balaban J connectivity index is 1.30. The van der Waals surface area contributed by atoms with Crippen molar-refractivity contribution in [1.82, 2.24) is 24.8 Å². The third-order valence-electron chi connectivity index (χ3n) is 5.21. The highest BCUT2D eigenvalue weighted by Crippen LogP contribution is 2.24. The van der Waals surface area contributed by atoms with Crippen molar-refractivity contribution in [2.75, 3.05) is 26.7 Å². The molecular weight excluding hydrogens is 346 g/mol. The summed E-state index contributed by atoms with van der Waals surface area (Å²) in [6.45, 7) is 2.56. The highest BCUT2D eigenvalue weighted by atomic mass is 16.5. The van der Waals surface area contributed by atoms with Gasteiger partial charge in [0.15, 0.2) is 0 Å². The Morgan fingerprint density at radius 2 is 2.11 bits per heavy atom. The third-order valence-corrected chi connectivity index (χ3v) is 5.21. The first-order valence-electron chi connectivity index (χ1n) is 9.22. The van der Waals surface area contributed by atoms with Crippen LogP contribution < -0.4 is 4.74 Å². The summed E-state index contributed by atoms with van der Waals surface area (Å²) in [7, 11) is 1.61. The van der Waals surface area contributed by atoms with Crippen molar-refractivity contribution < 1.29 is 14.3 Å². The van der Waals surface area contributed by atoms with E-state index < -0.39 is 0 Å². The lowest BCUT2D eigenvalue weighted by molar-refractivity contribution is -0.136. The molecule has 2 aromatic rings. The SMILES string of the molecule is COc1ccccc1CC(=O)N1CC(n2cc(CN3CCCC3=O)nn2)C1. The number of likely N-dealkylation sites (tertiary alicyclic amines) is 2. The number of rotatable bonds is 6. The van der Waals surface area contributed by atoms with Gasteiger partial charge in [-0.25, -0.2) is 4.68 Å². The summed E-state index contributed by atoms with van der Waals surface area (Å²) in [5.41, 5.74) is 1.69. The van der Waals surface area contributed by atoms with Crippen LogP contribution in [-0.2, 0) is 22.6 Å². The van der Waals surface area contributed by atoms with Crippen molar-refractivity contribution in [1.29, 1.82) is 0 Å². The first kappa shape index (κ1) is 17.5. The molecule has 0 N–H and O–H groups in total. The summed E-state index contributed by atoms with van der Waals surface area (Å²) < 4.78 is 7.12. The van der Waals surface area contributed by atoms with Crippen molar-refractivity contribution >= 4 is 11.8 Å². The molecule has 0 spiro atoms. The van der Waals surface area contributed by atoms with Gasteiger partial charge in [0.05, 0.1) is 32.3 Å². The Hall–Kier alpha value is -2.90. The Labute approximate surface area is 157 Å². The standard InChI is InChI=1S/C19H23N5O3/c1-27-17-6-3-2-5-14(17)9-19(26)23-12-16(13-23)24-11-15(20-21-24)10-22-8-4-7-18(22)25/h2-3,5-6,11,16H,4,7-10,12-13H2,1H3. The van der Waals surface area contributed by atoms with Crippen LogP contribution in [0.5, 0.6) is 5.75 Å². The quantitative estimate of drug-likeness (QED) is 0.760. The molecule has 8 heteroatoms. The lowest BCUT2D eigenvalue weighted by Gasteiger charge is -2.39. The number of ether oxygens (including phenoxy) is 1. The first-order chi connectivity index (χ1) is 13.1. The number of methoxy groups -OCH3 is 1. The summed E-state index contributed by atoms with van der Waals surface area (Å²) in [6, 6.07) is 7.72. The summed E-state index contributed by atoms with van der Waals surface area (Å²) in [5, 5.41) is 8.36. The van der Waals surface area contributed by atoms with Gasteiger partial charge in [-0.15, -0.1) is 5.10 Å². The Kier molecular flexibility index (Phi) is 4.79. The van der Waals surface area contributed by atoms with Gasteiger partial charge in [-0.3, -0.25) is 9.59 Å². The predicted molar refractivity (Wildman–Crippen MR) is 97.0 cm³/mol. The van der Waals surface area contributed by atoms with E-state index in [0.717, 1.165) is 30.0 Å². The van der Waals surface area contributed by atoms with E-state index >= 15 is 0 Å². The maximum atomic E-state index is 12.5. The molecule has 2 fully saturated rings. The molecule has 27 heavy (non-hydrogen) atoms. The number of aromatic nitrogens is 3. The maximum Gasteiger partial charge on any atom is 0.227 e. The zero-order valence-corrected chi connectivity index (χ0v) is 15.4. The number of para-hydroxylation sites is 1. The average molecular weight is 369 g/mol. The number of hydrogen-bond donors (Lipinski definition) is 0. The number of benzene rings is 1. The van der Waals surface area contributed by atoms with E-state index in [-0.39, 0.29) is 17.9 Å². The minimum absolute atomic E-state index is 0.0822. The monoisotopic (exact) mass is 369 g/mol. The van der Waals surface area contributed by atoms with E-state index in [0.29, 0.717) is 32.5 Å². The fraction of sp³-hybridized carbons (Fsp3) is 0.474. The summed E-state index contributed by atoms with van der Waals surface area (Å²) in [5.74, 6) is 1.00. The van der Waals surface area contributed by atoms with E-state index in [2.05, 4.69) is 10.3 Å². The lowest BCUT2D eigenvalue weighted by Crippen LogP contribution is -2.51. The topological polar surface area (TPSA) is 80.6 Å². The second kappa shape index (κ2) is 7.38. The van der Waals surface area contributed by atoms with Crippen molar-refractivity contribution in [3.8, 4) is 5.75 Å². The highest BCUT2D eigenvalue weighted by molar-refractivity contribution is 5.80. The number of hydrogen-bond acceptors (Lipinski definition) is 5. The first-order valence-corrected chi connectivity index (χ1v) is 9.22. The zero-order valence-electron chi connectivity index (χ0n) is 15.4. The van der Waals surface area contributed by atoms with Crippen LogP contribution in [0.15, 0.2) is 30.5 Å². The third kappa shape index (κ3) is 3.65. The second-order valence-electron chi connectivity index (χ2n) is 7.05. The molecule has 2 aliphatic rings. The van der Waals surface area contributed by atoms with Crippen molar-refractivity contribution in [3.05, 3.63) is 41.7 Å². The predicted octanol–water partition coefficient (Wildman–Crippen LogP) is 1.04.